The highest BCUT2D eigenvalue weighted by Gasteiger charge is 2.49. The standard InChI is InChI=1S/C19H37N3O3.HI/c1-5-7-10-25-16-13-15(18(16,3)4)22-17(20-6-2)21-14-19(23)8-11-24-12-9-19;/h15-16,23H,5-14H2,1-4H3,(H2,20,21,22);1H. The Bertz CT molecular complexity index is 440. The minimum atomic E-state index is -0.735. The van der Waals surface area contributed by atoms with Crippen LogP contribution in [0.15, 0.2) is 4.99 Å². The molecule has 0 aromatic carbocycles. The zero-order chi connectivity index (χ0) is 18.3. The van der Waals surface area contributed by atoms with Crippen LogP contribution in [0.5, 0.6) is 0 Å². The number of hydrogen-bond acceptors (Lipinski definition) is 4. The molecule has 3 N–H and O–H groups in total. The number of aliphatic imine (C=N–C) groups is 1. The molecule has 1 heterocycles. The molecule has 1 saturated carbocycles. The van der Waals surface area contributed by atoms with Crippen LogP contribution in [0.3, 0.4) is 0 Å². The van der Waals surface area contributed by atoms with Gasteiger partial charge in [0.2, 0.25) is 0 Å². The normalized spacial score (nSPS) is 27.2. The van der Waals surface area contributed by atoms with Crippen LogP contribution in [0.2, 0.25) is 0 Å². The Morgan fingerprint density at radius 1 is 1.27 bits per heavy atom. The van der Waals surface area contributed by atoms with Gasteiger partial charge in [0, 0.05) is 50.7 Å². The molecular weight excluding hydrogens is 445 g/mol. The smallest absolute Gasteiger partial charge is 0.191 e. The van der Waals surface area contributed by atoms with Crippen molar-refractivity contribution in [3.05, 3.63) is 0 Å². The summed E-state index contributed by atoms with van der Waals surface area (Å²) in [7, 11) is 0. The van der Waals surface area contributed by atoms with Gasteiger partial charge in [0.05, 0.1) is 18.2 Å². The molecule has 2 aliphatic rings. The fraction of sp³-hybridized carbons (Fsp3) is 0.947. The lowest BCUT2D eigenvalue weighted by atomic mass is 9.64. The maximum Gasteiger partial charge on any atom is 0.191 e. The predicted molar refractivity (Wildman–Crippen MR) is 116 cm³/mol. The van der Waals surface area contributed by atoms with Crippen molar-refractivity contribution < 1.29 is 14.6 Å². The van der Waals surface area contributed by atoms with Crippen LogP contribution in [0.1, 0.15) is 59.8 Å². The van der Waals surface area contributed by atoms with Gasteiger partial charge in [-0.2, -0.15) is 0 Å². The van der Waals surface area contributed by atoms with Gasteiger partial charge in [-0.15, -0.1) is 24.0 Å². The van der Waals surface area contributed by atoms with E-state index in [0.29, 0.717) is 44.7 Å². The molecule has 26 heavy (non-hydrogen) atoms. The number of nitrogens with one attached hydrogen (secondary N) is 2. The third-order valence-corrected chi connectivity index (χ3v) is 5.60. The topological polar surface area (TPSA) is 75.1 Å². The number of halogens is 1. The highest BCUT2D eigenvalue weighted by molar-refractivity contribution is 14.0. The number of nitrogens with zero attached hydrogens (tertiary/aromatic N) is 1. The molecule has 0 bridgehead atoms. The van der Waals surface area contributed by atoms with Crippen LogP contribution >= 0.6 is 24.0 Å². The van der Waals surface area contributed by atoms with Gasteiger partial charge >= 0.3 is 0 Å². The molecule has 0 amide bonds. The molecular formula is C19H38IN3O3. The zero-order valence-corrected chi connectivity index (χ0v) is 19.2. The van der Waals surface area contributed by atoms with E-state index in [-0.39, 0.29) is 29.4 Å². The van der Waals surface area contributed by atoms with Crippen LogP contribution in [0.25, 0.3) is 0 Å². The van der Waals surface area contributed by atoms with Gasteiger partial charge < -0.3 is 25.2 Å². The Hall–Kier alpha value is -0.120. The molecule has 0 radical (unpaired) electrons. The van der Waals surface area contributed by atoms with Gasteiger partial charge in [-0.05, 0) is 19.8 Å². The van der Waals surface area contributed by atoms with E-state index in [1.807, 2.05) is 0 Å². The Balaban J connectivity index is 0.00000338. The second-order valence-corrected chi connectivity index (χ2v) is 8.00. The average molecular weight is 483 g/mol. The third-order valence-electron chi connectivity index (χ3n) is 5.60. The summed E-state index contributed by atoms with van der Waals surface area (Å²) < 4.78 is 11.4. The van der Waals surface area contributed by atoms with Crippen molar-refractivity contribution in [1.82, 2.24) is 10.6 Å². The third kappa shape index (κ3) is 6.49. The fourth-order valence-electron chi connectivity index (χ4n) is 3.40. The highest BCUT2D eigenvalue weighted by atomic mass is 127. The largest absolute Gasteiger partial charge is 0.388 e. The average Bonchev–Trinajstić information content (AvgIpc) is 2.59. The van der Waals surface area contributed by atoms with Crippen LogP contribution < -0.4 is 10.6 Å². The Kier molecular flexibility index (Phi) is 10.1. The Labute approximate surface area is 175 Å². The fourth-order valence-corrected chi connectivity index (χ4v) is 3.40. The number of aliphatic hydroxyl groups is 1. The van der Waals surface area contributed by atoms with Crippen LogP contribution in [-0.4, -0.2) is 61.7 Å². The van der Waals surface area contributed by atoms with Crippen LogP contribution in [0, 0.1) is 5.41 Å². The van der Waals surface area contributed by atoms with E-state index in [4.69, 9.17) is 9.47 Å². The summed E-state index contributed by atoms with van der Waals surface area (Å²) in [5, 5.41) is 17.4. The van der Waals surface area contributed by atoms with E-state index >= 15 is 0 Å². The highest BCUT2D eigenvalue weighted by Crippen LogP contribution is 2.42. The Morgan fingerprint density at radius 3 is 2.54 bits per heavy atom. The first-order valence-corrected chi connectivity index (χ1v) is 9.88. The van der Waals surface area contributed by atoms with Gasteiger partial charge in [-0.3, -0.25) is 4.99 Å². The van der Waals surface area contributed by atoms with Gasteiger partial charge in [-0.25, -0.2) is 0 Å². The maximum absolute atomic E-state index is 10.6. The first-order valence-electron chi connectivity index (χ1n) is 9.88. The van der Waals surface area contributed by atoms with Crippen molar-refractivity contribution in [1.29, 1.82) is 0 Å². The number of guanidine groups is 1. The first-order chi connectivity index (χ1) is 11.9. The second-order valence-electron chi connectivity index (χ2n) is 8.00. The van der Waals surface area contributed by atoms with Gasteiger partial charge in [-0.1, -0.05) is 27.2 Å². The monoisotopic (exact) mass is 483 g/mol. The minimum absolute atomic E-state index is 0. The number of rotatable bonds is 8. The van der Waals surface area contributed by atoms with Crippen molar-refractivity contribution in [2.24, 2.45) is 10.4 Å². The van der Waals surface area contributed by atoms with Crippen molar-refractivity contribution in [2.75, 3.05) is 32.9 Å². The molecule has 1 saturated heterocycles. The molecule has 2 rings (SSSR count). The molecule has 2 fully saturated rings. The van der Waals surface area contributed by atoms with Crippen LogP contribution in [-0.2, 0) is 9.47 Å². The number of ether oxygens (including phenoxy) is 2. The molecule has 154 valence electrons. The van der Waals surface area contributed by atoms with E-state index in [9.17, 15) is 5.11 Å². The summed E-state index contributed by atoms with van der Waals surface area (Å²) >= 11 is 0. The van der Waals surface area contributed by atoms with E-state index in [1.54, 1.807) is 0 Å². The van der Waals surface area contributed by atoms with Gasteiger partial charge in [0.25, 0.3) is 0 Å². The van der Waals surface area contributed by atoms with Crippen molar-refractivity contribution in [3.8, 4) is 0 Å². The summed E-state index contributed by atoms with van der Waals surface area (Å²) in [5.74, 6) is 0.785. The molecule has 1 aliphatic carbocycles. The summed E-state index contributed by atoms with van der Waals surface area (Å²) in [5.41, 5.74) is -0.652. The number of unbranched alkanes of at least 4 members (excludes halogenated alkanes) is 1. The van der Waals surface area contributed by atoms with Crippen molar-refractivity contribution in [3.63, 3.8) is 0 Å². The van der Waals surface area contributed by atoms with E-state index in [1.165, 1.54) is 6.42 Å². The lowest BCUT2D eigenvalue weighted by Crippen LogP contribution is -2.63. The van der Waals surface area contributed by atoms with Crippen LogP contribution in [0.4, 0.5) is 0 Å². The lowest BCUT2D eigenvalue weighted by molar-refractivity contribution is -0.113. The quantitative estimate of drug-likeness (QED) is 0.214. The summed E-state index contributed by atoms with van der Waals surface area (Å²) in [6, 6.07) is 0.334. The summed E-state index contributed by atoms with van der Waals surface area (Å²) in [4.78, 5) is 4.64. The molecule has 2 atom stereocenters. The molecule has 0 spiro atoms. The van der Waals surface area contributed by atoms with Gasteiger partial charge in [0.1, 0.15) is 0 Å². The van der Waals surface area contributed by atoms with E-state index in [2.05, 4.69) is 43.3 Å². The van der Waals surface area contributed by atoms with Crippen molar-refractivity contribution in [2.45, 2.75) is 77.5 Å². The maximum atomic E-state index is 10.6. The number of hydrogen-bond donors (Lipinski definition) is 3. The lowest BCUT2D eigenvalue weighted by Gasteiger charge is -2.52. The minimum Gasteiger partial charge on any atom is -0.388 e. The van der Waals surface area contributed by atoms with Crippen molar-refractivity contribution >= 4 is 29.9 Å². The predicted octanol–water partition coefficient (Wildman–Crippen LogP) is 2.68. The SMILES string of the molecule is CCCCOC1CC(NC(=NCC2(O)CCOCC2)NCC)C1(C)C.I. The van der Waals surface area contributed by atoms with Gasteiger partial charge in [0.15, 0.2) is 5.96 Å². The molecule has 1 aliphatic heterocycles. The van der Waals surface area contributed by atoms with E-state index in [0.717, 1.165) is 32.0 Å². The molecule has 2 unspecified atom stereocenters. The Morgan fingerprint density at radius 2 is 1.96 bits per heavy atom. The molecule has 6 nitrogen and oxygen atoms in total. The molecule has 0 aromatic rings. The second kappa shape index (κ2) is 11.0. The zero-order valence-electron chi connectivity index (χ0n) is 16.8. The summed E-state index contributed by atoms with van der Waals surface area (Å²) in [6.07, 6.45) is 4.89. The first kappa shape index (κ1) is 23.9. The van der Waals surface area contributed by atoms with E-state index < -0.39 is 5.60 Å². The summed E-state index contributed by atoms with van der Waals surface area (Å²) in [6.45, 7) is 12.0. The molecule has 0 aromatic heterocycles. The molecule has 7 heteroatoms.